The average molecular weight is 583 g/mol. The summed E-state index contributed by atoms with van der Waals surface area (Å²) < 4.78 is 39.9. The topological polar surface area (TPSA) is 77.0 Å². The normalized spacial score (nSPS) is 31.6. The SMILES string of the molecule is O=C(O)c1cccc(C2CCN([C@@H]3C[C@H]4CCC[C@@]4(C(=O)N4C[C@H]5C[C@H]4CN5c4cc(C(F)(F)F)ccn4)C3)CC2)c1. The van der Waals surface area contributed by atoms with Gasteiger partial charge in [-0.25, -0.2) is 9.78 Å². The van der Waals surface area contributed by atoms with Gasteiger partial charge >= 0.3 is 12.1 Å². The monoisotopic (exact) mass is 582 g/mol. The first-order chi connectivity index (χ1) is 20.1. The Hall–Kier alpha value is -3.14. The number of piperidine rings is 1. The molecule has 5 fully saturated rings. The molecule has 224 valence electrons. The maximum absolute atomic E-state index is 14.3. The zero-order chi connectivity index (χ0) is 29.2. The van der Waals surface area contributed by atoms with Crippen LogP contribution in [0.5, 0.6) is 0 Å². The number of aromatic nitrogens is 1. The molecule has 2 aliphatic carbocycles. The first-order valence-corrected chi connectivity index (χ1v) is 15.3. The van der Waals surface area contributed by atoms with E-state index < -0.39 is 17.7 Å². The third-order valence-electron chi connectivity index (χ3n) is 11.1. The fraction of sp³-hybridized carbons (Fsp3) is 0.594. The summed E-state index contributed by atoms with van der Waals surface area (Å²) >= 11 is 0. The molecule has 10 heteroatoms. The lowest BCUT2D eigenvalue weighted by molar-refractivity contribution is -0.144. The molecule has 42 heavy (non-hydrogen) atoms. The molecule has 7 nitrogen and oxygen atoms in total. The maximum Gasteiger partial charge on any atom is 0.416 e. The van der Waals surface area contributed by atoms with Gasteiger partial charge in [0.25, 0.3) is 0 Å². The van der Waals surface area contributed by atoms with Crippen molar-refractivity contribution >= 4 is 17.7 Å². The number of hydrogen-bond acceptors (Lipinski definition) is 5. The fourth-order valence-corrected chi connectivity index (χ4v) is 8.99. The summed E-state index contributed by atoms with van der Waals surface area (Å²) in [7, 11) is 0. The van der Waals surface area contributed by atoms with Crippen LogP contribution in [0.4, 0.5) is 19.0 Å². The van der Waals surface area contributed by atoms with Crippen LogP contribution in [0, 0.1) is 11.3 Å². The minimum Gasteiger partial charge on any atom is -0.478 e. The van der Waals surface area contributed by atoms with Crippen LogP contribution in [-0.2, 0) is 11.0 Å². The van der Waals surface area contributed by atoms with Crippen molar-refractivity contribution in [2.45, 2.75) is 81.6 Å². The Kier molecular flexibility index (Phi) is 6.75. The van der Waals surface area contributed by atoms with E-state index in [4.69, 9.17) is 0 Å². The molecule has 2 aromatic rings. The van der Waals surface area contributed by atoms with E-state index >= 15 is 0 Å². The van der Waals surface area contributed by atoms with E-state index in [1.807, 2.05) is 23.1 Å². The van der Waals surface area contributed by atoms with Crippen molar-refractivity contribution in [2.75, 3.05) is 31.1 Å². The highest BCUT2D eigenvalue weighted by atomic mass is 19.4. The molecule has 1 aromatic carbocycles. The number of piperazine rings is 1. The van der Waals surface area contributed by atoms with Gasteiger partial charge in [-0.2, -0.15) is 13.2 Å². The minimum atomic E-state index is -4.41. The van der Waals surface area contributed by atoms with Gasteiger partial charge in [0.15, 0.2) is 0 Å². The second-order valence-electron chi connectivity index (χ2n) is 13.1. The second-order valence-corrected chi connectivity index (χ2v) is 13.1. The lowest BCUT2D eigenvalue weighted by atomic mass is 9.78. The van der Waals surface area contributed by atoms with E-state index in [9.17, 15) is 27.9 Å². The Bertz CT molecular complexity index is 1380. The van der Waals surface area contributed by atoms with Gasteiger partial charge in [-0.05, 0) is 99.7 Å². The summed E-state index contributed by atoms with van der Waals surface area (Å²) in [5.74, 6) is 0.470. The van der Waals surface area contributed by atoms with Gasteiger partial charge in [0, 0.05) is 25.3 Å². The number of carboxylic acids is 1. The maximum atomic E-state index is 14.3. The first-order valence-electron chi connectivity index (χ1n) is 15.3. The quantitative estimate of drug-likeness (QED) is 0.508. The second kappa shape index (κ2) is 10.2. The van der Waals surface area contributed by atoms with Gasteiger partial charge in [-0.15, -0.1) is 0 Å². The number of carbonyl (C=O) groups is 2. The third kappa shape index (κ3) is 4.66. The number of alkyl halides is 3. The lowest BCUT2D eigenvalue weighted by Gasteiger charge is -2.41. The van der Waals surface area contributed by atoms with Crippen molar-refractivity contribution in [3.05, 3.63) is 59.3 Å². The smallest absolute Gasteiger partial charge is 0.416 e. The molecule has 1 amide bonds. The fourth-order valence-electron chi connectivity index (χ4n) is 8.99. The van der Waals surface area contributed by atoms with Crippen molar-refractivity contribution in [3.63, 3.8) is 0 Å². The van der Waals surface area contributed by atoms with Crippen molar-refractivity contribution in [3.8, 4) is 0 Å². The van der Waals surface area contributed by atoms with E-state index in [-0.39, 0.29) is 23.4 Å². The van der Waals surface area contributed by atoms with Crippen LogP contribution in [0.3, 0.4) is 0 Å². The number of carboxylic acid groups (broad SMARTS) is 1. The zero-order valence-electron chi connectivity index (χ0n) is 23.6. The van der Waals surface area contributed by atoms with Crippen LogP contribution in [-0.4, -0.2) is 76.1 Å². The van der Waals surface area contributed by atoms with Crippen LogP contribution in [0.2, 0.25) is 0 Å². The Balaban J connectivity index is 1.00. The van der Waals surface area contributed by atoms with Gasteiger partial charge in [0.1, 0.15) is 5.82 Å². The third-order valence-corrected chi connectivity index (χ3v) is 11.1. The van der Waals surface area contributed by atoms with Gasteiger partial charge in [-0.1, -0.05) is 18.6 Å². The summed E-state index contributed by atoms with van der Waals surface area (Å²) in [6.45, 7) is 3.00. The molecular weight excluding hydrogens is 545 g/mol. The molecule has 0 spiro atoms. The summed E-state index contributed by atoms with van der Waals surface area (Å²) in [5, 5.41) is 9.37. The number of aromatic carboxylic acids is 1. The van der Waals surface area contributed by atoms with Gasteiger partial charge < -0.3 is 19.8 Å². The standard InChI is InChI=1S/C32H37F3N4O3/c33-32(34,35)24-6-10-36-28(15-24)38-18-27-16-26(38)19-39(27)30(42)31-9-2-5-23(31)14-25(17-31)37-11-7-20(8-12-37)21-3-1-4-22(13-21)29(40)41/h1,3-4,6,10,13,15,20,23,25-27H,2,5,7-9,11-12,14,16-19H2,(H,40,41)/t23-,25-,26-,27+,31-/m1/s1. The summed E-state index contributed by atoms with van der Waals surface area (Å²) in [6, 6.07) is 9.86. The number of benzene rings is 1. The largest absolute Gasteiger partial charge is 0.478 e. The van der Waals surface area contributed by atoms with E-state index in [1.54, 1.807) is 6.07 Å². The number of fused-ring (bicyclic) bond motifs is 3. The molecule has 5 aliphatic rings. The number of hydrogen-bond donors (Lipinski definition) is 1. The van der Waals surface area contributed by atoms with Crippen molar-refractivity contribution in [2.24, 2.45) is 11.3 Å². The van der Waals surface area contributed by atoms with Crippen molar-refractivity contribution in [1.82, 2.24) is 14.8 Å². The summed E-state index contributed by atoms with van der Waals surface area (Å²) in [5.41, 5.74) is 0.429. The number of rotatable bonds is 5. The predicted molar refractivity (Wildman–Crippen MR) is 150 cm³/mol. The highest BCUT2D eigenvalue weighted by Crippen LogP contribution is 2.57. The highest BCUT2D eigenvalue weighted by Gasteiger charge is 2.59. The van der Waals surface area contributed by atoms with Crippen molar-refractivity contribution < 1.29 is 27.9 Å². The molecule has 7 rings (SSSR count). The molecule has 3 aliphatic heterocycles. The van der Waals surface area contributed by atoms with Gasteiger partial charge in [0.2, 0.25) is 5.91 Å². The molecule has 5 atom stereocenters. The van der Waals surface area contributed by atoms with Crippen LogP contribution in [0.25, 0.3) is 0 Å². The Morgan fingerprint density at radius 3 is 2.50 bits per heavy atom. The van der Waals surface area contributed by atoms with Gasteiger partial charge in [-0.3, -0.25) is 4.79 Å². The summed E-state index contributed by atoms with van der Waals surface area (Å²) in [4.78, 5) is 36.6. The van der Waals surface area contributed by atoms with E-state index in [1.165, 1.54) is 6.20 Å². The highest BCUT2D eigenvalue weighted by molar-refractivity contribution is 5.87. The van der Waals surface area contributed by atoms with Crippen LogP contribution in [0.15, 0.2) is 42.6 Å². The number of halogens is 3. The van der Waals surface area contributed by atoms with Crippen LogP contribution >= 0.6 is 0 Å². The van der Waals surface area contributed by atoms with Gasteiger partial charge in [0.05, 0.1) is 28.6 Å². The van der Waals surface area contributed by atoms with E-state index in [2.05, 4.69) is 14.8 Å². The predicted octanol–water partition coefficient (Wildman–Crippen LogP) is 5.42. The number of anilines is 1. The van der Waals surface area contributed by atoms with E-state index in [0.29, 0.717) is 42.3 Å². The molecule has 2 bridgehead atoms. The van der Waals surface area contributed by atoms with Crippen molar-refractivity contribution in [1.29, 1.82) is 0 Å². The molecular formula is C32H37F3N4O3. The number of pyridine rings is 1. The minimum absolute atomic E-state index is 0.00189. The molecule has 3 saturated heterocycles. The number of likely N-dealkylation sites (tertiary alicyclic amines) is 2. The Morgan fingerprint density at radius 1 is 0.976 bits per heavy atom. The average Bonchev–Trinajstić information content (AvgIpc) is 3.77. The number of amides is 1. The number of carbonyl (C=O) groups excluding carboxylic acids is 1. The zero-order valence-corrected chi connectivity index (χ0v) is 23.6. The molecule has 1 N–H and O–H groups in total. The first kappa shape index (κ1) is 27.7. The number of nitrogens with zero attached hydrogens (tertiary/aromatic N) is 4. The molecule has 0 radical (unpaired) electrons. The molecule has 4 heterocycles. The van der Waals surface area contributed by atoms with E-state index in [0.717, 1.165) is 82.2 Å². The Labute approximate surface area is 243 Å². The van der Waals surface area contributed by atoms with Crippen LogP contribution < -0.4 is 4.90 Å². The molecule has 2 saturated carbocycles. The summed E-state index contributed by atoms with van der Waals surface area (Å²) in [6.07, 6.45) is 4.61. The molecule has 0 unspecified atom stereocenters. The van der Waals surface area contributed by atoms with Crippen LogP contribution in [0.1, 0.15) is 78.8 Å². The lowest BCUT2D eigenvalue weighted by Crippen LogP contribution is -2.54. The Morgan fingerprint density at radius 2 is 1.79 bits per heavy atom. The molecule has 1 aromatic heterocycles.